The molecule has 0 saturated carbocycles. The third-order valence-electron chi connectivity index (χ3n) is 4.99. The Balaban J connectivity index is 1.79. The second kappa shape index (κ2) is 8.72. The smallest absolute Gasteiger partial charge is 0.133 e. The Labute approximate surface area is 154 Å². The molecule has 5 heteroatoms. The van der Waals surface area contributed by atoms with Gasteiger partial charge in [0, 0.05) is 30.2 Å². The Kier molecular flexibility index (Phi) is 6.12. The number of hydrogen-bond acceptors (Lipinski definition) is 4. The highest BCUT2D eigenvalue weighted by Gasteiger charge is 2.27. The van der Waals surface area contributed by atoms with Gasteiger partial charge in [-0.25, -0.2) is 0 Å². The second-order valence-electron chi connectivity index (χ2n) is 6.61. The molecule has 2 N–H and O–H groups in total. The van der Waals surface area contributed by atoms with Gasteiger partial charge < -0.3 is 19.5 Å². The number of phenols is 1. The Morgan fingerprint density at radius 1 is 1.08 bits per heavy atom. The first-order valence-electron chi connectivity index (χ1n) is 9.06. The summed E-state index contributed by atoms with van der Waals surface area (Å²) in [4.78, 5) is 6.21. The van der Waals surface area contributed by atoms with Crippen LogP contribution in [0, 0.1) is 0 Å². The summed E-state index contributed by atoms with van der Waals surface area (Å²) in [6.07, 6.45) is 4.26. The molecule has 0 spiro atoms. The molecule has 1 saturated heterocycles. The molecule has 1 fully saturated rings. The number of phenolic OH excluding ortho intramolecular Hbond substituents is 1. The normalized spacial score (nSPS) is 16.1. The van der Waals surface area contributed by atoms with Crippen LogP contribution in [0.4, 0.5) is 0 Å². The zero-order valence-electron chi connectivity index (χ0n) is 15.4. The molecule has 0 bridgehead atoms. The molecule has 26 heavy (non-hydrogen) atoms. The first kappa shape index (κ1) is 18.3. The van der Waals surface area contributed by atoms with E-state index in [-0.39, 0.29) is 11.8 Å². The number of benzene rings is 2. The molecule has 1 aliphatic rings. The van der Waals surface area contributed by atoms with Crippen molar-refractivity contribution in [1.82, 2.24) is 0 Å². The van der Waals surface area contributed by atoms with Crippen molar-refractivity contribution in [2.75, 3.05) is 33.9 Å². The minimum absolute atomic E-state index is 0.209. The molecule has 0 unspecified atom stereocenters. The van der Waals surface area contributed by atoms with E-state index in [1.54, 1.807) is 43.5 Å². The van der Waals surface area contributed by atoms with Gasteiger partial charge in [-0.15, -0.1) is 0 Å². The number of rotatable bonds is 7. The van der Waals surface area contributed by atoms with Crippen LogP contribution in [0.25, 0.3) is 0 Å². The van der Waals surface area contributed by atoms with Crippen molar-refractivity contribution >= 4 is 6.21 Å². The van der Waals surface area contributed by atoms with Gasteiger partial charge >= 0.3 is 0 Å². The lowest BCUT2D eigenvalue weighted by Gasteiger charge is -2.24. The van der Waals surface area contributed by atoms with Crippen molar-refractivity contribution in [3.63, 3.8) is 0 Å². The average Bonchev–Trinajstić information content (AvgIpc) is 3.21. The van der Waals surface area contributed by atoms with Crippen LogP contribution in [0.2, 0.25) is 0 Å². The van der Waals surface area contributed by atoms with Gasteiger partial charge in [0.15, 0.2) is 0 Å². The maximum atomic E-state index is 10.0. The van der Waals surface area contributed by atoms with Crippen LogP contribution in [-0.4, -0.2) is 45.2 Å². The lowest BCUT2D eigenvalue weighted by molar-refractivity contribution is -0.918. The number of ether oxygens (including phenoxy) is 2. The molecule has 5 nitrogen and oxygen atoms in total. The molecule has 2 aromatic carbocycles. The van der Waals surface area contributed by atoms with E-state index in [2.05, 4.69) is 17.1 Å². The molecule has 1 aliphatic heterocycles. The molecule has 2 aromatic rings. The van der Waals surface area contributed by atoms with E-state index in [4.69, 9.17) is 9.47 Å². The lowest BCUT2D eigenvalue weighted by atomic mass is 10.1. The number of nitrogens with zero attached hydrogens (tertiary/aromatic N) is 1. The van der Waals surface area contributed by atoms with E-state index in [9.17, 15) is 5.11 Å². The molecule has 0 aliphatic carbocycles. The maximum absolute atomic E-state index is 10.0. The highest BCUT2D eigenvalue weighted by atomic mass is 16.5. The van der Waals surface area contributed by atoms with Crippen LogP contribution < -0.4 is 14.4 Å². The molecule has 1 heterocycles. The van der Waals surface area contributed by atoms with Gasteiger partial charge in [0.25, 0.3) is 0 Å². The number of likely N-dealkylation sites (tertiary alicyclic amines) is 1. The standard InChI is InChI=1S/C21H26N2O3/c1-25-18-7-5-6-16(12-18)20(23-10-3-4-11-23)15-22-14-17-13-19(26-2)8-9-21(17)24/h5-9,12-14,20,24H,3-4,10-11,15H2,1-2H3/p+1/t20-/m0/s1. The number of quaternary nitrogens is 1. The summed E-state index contributed by atoms with van der Waals surface area (Å²) in [6, 6.07) is 13.7. The van der Waals surface area contributed by atoms with Crippen molar-refractivity contribution < 1.29 is 19.5 Å². The molecule has 138 valence electrons. The molecule has 0 radical (unpaired) electrons. The third kappa shape index (κ3) is 4.35. The van der Waals surface area contributed by atoms with Crippen LogP contribution in [-0.2, 0) is 0 Å². The van der Waals surface area contributed by atoms with Crippen molar-refractivity contribution in [1.29, 1.82) is 0 Å². The minimum Gasteiger partial charge on any atom is -0.507 e. The highest BCUT2D eigenvalue weighted by molar-refractivity contribution is 5.84. The summed E-state index contributed by atoms with van der Waals surface area (Å²) in [5, 5.41) is 10.0. The summed E-state index contributed by atoms with van der Waals surface area (Å²) < 4.78 is 10.6. The van der Waals surface area contributed by atoms with E-state index >= 15 is 0 Å². The summed E-state index contributed by atoms with van der Waals surface area (Å²) >= 11 is 0. The Morgan fingerprint density at radius 2 is 1.81 bits per heavy atom. The minimum atomic E-state index is 0.209. The third-order valence-corrected chi connectivity index (χ3v) is 4.99. The Hall–Kier alpha value is -2.53. The van der Waals surface area contributed by atoms with Crippen molar-refractivity contribution in [3.8, 4) is 17.2 Å². The molecule has 0 amide bonds. The number of aliphatic imine (C=N–C) groups is 1. The Bertz CT molecular complexity index is 755. The summed E-state index contributed by atoms with van der Waals surface area (Å²) in [5.74, 6) is 1.79. The molecular weight excluding hydrogens is 328 g/mol. The lowest BCUT2D eigenvalue weighted by Crippen LogP contribution is -3.10. The predicted octanol–water partition coefficient (Wildman–Crippen LogP) is 2.25. The van der Waals surface area contributed by atoms with Gasteiger partial charge in [0.2, 0.25) is 0 Å². The summed E-state index contributed by atoms with van der Waals surface area (Å²) in [5.41, 5.74) is 1.92. The summed E-state index contributed by atoms with van der Waals surface area (Å²) in [7, 11) is 3.31. The topological polar surface area (TPSA) is 55.5 Å². The van der Waals surface area contributed by atoms with Gasteiger partial charge in [-0.2, -0.15) is 0 Å². The van der Waals surface area contributed by atoms with Crippen LogP contribution in [0.5, 0.6) is 17.2 Å². The first-order valence-corrected chi connectivity index (χ1v) is 9.06. The quantitative estimate of drug-likeness (QED) is 0.749. The van der Waals surface area contributed by atoms with Gasteiger partial charge in [-0.3, -0.25) is 4.99 Å². The average molecular weight is 355 g/mol. The van der Waals surface area contributed by atoms with Crippen molar-refractivity contribution in [2.24, 2.45) is 4.99 Å². The fourth-order valence-corrected chi connectivity index (χ4v) is 3.53. The predicted molar refractivity (Wildman–Crippen MR) is 103 cm³/mol. The van der Waals surface area contributed by atoms with E-state index in [0.29, 0.717) is 17.9 Å². The summed E-state index contributed by atoms with van der Waals surface area (Å²) in [6.45, 7) is 3.00. The van der Waals surface area contributed by atoms with Crippen LogP contribution >= 0.6 is 0 Å². The number of aromatic hydroxyl groups is 1. The zero-order valence-corrected chi connectivity index (χ0v) is 15.4. The molecule has 1 atom stereocenters. The largest absolute Gasteiger partial charge is 0.507 e. The van der Waals surface area contributed by atoms with Gasteiger partial charge in [-0.1, -0.05) is 12.1 Å². The van der Waals surface area contributed by atoms with E-state index in [1.807, 2.05) is 12.1 Å². The fourth-order valence-electron chi connectivity index (χ4n) is 3.53. The molecular formula is C21H27N2O3+. The Morgan fingerprint density at radius 3 is 2.54 bits per heavy atom. The van der Waals surface area contributed by atoms with Crippen molar-refractivity contribution in [2.45, 2.75) is 18.9 Å². The number of methoxy groups -OCH3 is 2. The zero-order chi connectivity index (χ0) is 18.4. The van der Waals surface area contributed by atoms with Crippen LogP contribution in [0.15, 0.2) is 47.5 Å². The monoisotopic (exact) mass is 355 g/mol. The molecule has 3 rings (SSSR count). The van der Waals surface area contributed by atoms with Gasteiger partial charge in [0.1, 0.15) is 23.3 Å². The van der Waals surface area contributed by atoms with Crippen molar-refractivity contribution in [3.05, 3.63) is 53.6 Å². The van der Waals surface area contributed by atoms with Crippen LogP contribution in [0.3, 0.4) is 0 Å². The number of nitrogens with one attached hydrogen (secondary N) is 1. The van der Waals surface area contributed by atoms with E-state index < -0.39 is 0 Å². The van der Waals surface area contributed by atoms with E-state index in [0.717, 1.165) is 5.75 Å². The van der Waals surface area contributed by atoms with Gasteiger partial charge in [0.05, 0.1) is 33.9 Å². The highest BCUT2D eigenvalue weighted by Crippen LogP contribution is 2.22. The fraction of sp³-hybridized carbons (Fsp3) is 0.381. The van der Waals surface area contributed by atoms with E-state index in [1.165, 1.54) is 31.5 Å². The number of hydrogen-bond donors (Lipinski definition) is 2. The molecule has 0 aromatic heterocycles. The second-order valence-corrected chi connectivity index (χ2v) is 6.61. The SMILES string of the molecule is COc1cccc([C@H](CN=Cc2cc(OC)ccc2O)[NH+]2CCCC2)c1. The van der Waals surface area contributed by atoms with Crippen LogP contribution in [0.1, 0.15) is 30.0 Å². The first-order chi connectivity index (χ1) is 12.7. The maximum Gasteiger partial charge on any atom is 0.133 e. The van der Waals surface area contributed by atoms with Gasteiger partial charge in [-0.05, 0) is 30.3 Å².